The van der Waals surface area contributed by atoms with Gasteiger partial charge in [0.2, 0.25) is 0 Å². The number of aryl methyl sites for hydroxylation is 1. The molecular formula is C26H32N4O2S. The van der Waals surface area contributed by atoms with Crippen molar-refractivity contribution in [2.45, 2.75) is 26.4 Å². The van der Waals surface area contributed by atoms with Gasteiger partial charge in [0.25, 0.3) is 5.56 Å². The molecule has 0 unspecified atom stereocenters. The summed E-state index contributed by atoms with van der Waals surface area (Å²) in [6.45, 7) is 9.54. The van der Waals surface area contributed by atoms with Gasteiger partial charge in [-0.05, 0) is 48.6 Å². The van der Waals surface area contributed by atoms with Gasteiger partial charge in [-0.3, -0.25) is 9.69 Å². The Morgan fingerprint density at radius 3 is 2.70 bits per heavy atom. The number of fused-ring (bicyclic) bond motifs is 1. The highest BCUT2D eigenvalue weighted by Gasteiger charge is 2.18. The Hall–Kier alpha value is -2.74. The summed E-state index contributed by atoms with van der Waals surface area (Å²) in [5.74, 6) is 0. The fourth-order valence-electron chi connectivity index (χ4n) is 4.19. The molecule has 0 bridgehead atoms. The molecule has 0 spiro atoms. The zero-order valence-electron chi connectivity index (χ0n) is 19.3. The first-order chi connectivity index (χ1) is 16.0. The van der Waals surface area contributed by atoms with Gasteiger partial charge in [0.15, 0.2) is 5.11 Å². The number of ether oxygens (including phenoxy) is 1. The quantitative estimate of drug-likeness (QED) is 0.521. The molecule has 1 fully saturated rings. The van der Waals surface area contributed by atoms with Gasteiger partial charge >= 0.3 is 0 Å². The predicted octanol–water partition coefficient (Wildman–Crippen LogP) is 3.61. The van der Waals surface area contributed by atoms with Gasteiger partial charge in [-0.15, -0.1) is 0 Å². The van der Waals surface area contributed by atoms with Crippen molar-refractivity contribution in [3.05, 3.63) is 81.6 Å². The first-order valence-electron chi connectivity index (χ1n) is 11.5. The Labute approximate surface area is 200 Å². The second kappa shape index (κ2) is 10.9. The van der Waals surface area contributed by atoms with Gasteiger partial charge in [-0.2, -0.15) is 0 Å². The van der Waals surface area contributed by atoms with Gasteiger partial charge in [-0.1, -0.05) is 48.5 Å². The highest BCUT2D eigenvalue weighted by atomic mass is 32.1. The molecule has 3 aromatic rings. The number of benzene rings is 2. The van der Waals surface area contributed by atoms with Crippen LogP contribution in [0.4, 0.5) is 0 Å². The molecule has 7 heteroatoms. The molecule has 1 saturated heterocycles. The standard InChI is InChI=1S/C26H32N4O2S/c1-19-7-6-10-22-17-23(25(31)28-24(19)22)18-30(12-11-29-13-15-32-16-14-29)26(33)27-20(2)21-8-4-3-5-9-21/h3-10,17,20H,11-16,18H2,1-2H3,(H,27,33)(H,28,31)/t20-/m1/s1. The second-order valence-electron chi connectivity index (χ2n) is 8.62. The Morgan fingerprint density at radius 1 is 1.18 bits per heavy atom. The molecule has 0 amide bonds. The van der Waals surface area contributed by atoms with Crippen LogP contribution in [-0.4, -0.2) is 59.3 Å². The molecular weight excluding hydrogens is 432 g/mol. The number of nitrogens with zero attached hydrogens (tertiary/aromatic N) is 2. The fourth-order valence-corrected chi connectivity index (χ4v) is 4.53. The topological polar surface area (TPSA) is 60.6 Å². The lowest BCUT2D eigenvalue weighted by Crippen LogP contribution is -2.46. The number of nitrogens with one attached hydrogen (secondary N) is 2. The summed E-state index contributed by atoms with van der Waals surface area (Å²) in [5, 5.41) is 5.16. The van der Waals surface area contributed by atoms with Crippen LogP contribution in [0.3, 0.4) is 0 Å². The maximum Gasteiger partial charge on any atom is 0.253 e. The highest BCUT2D eigenvalue weighted by molar-refractivity contribution is 7.80. The van der Waals surface area contributed by atoms with Crippen LogP contribution in [0.2, 0.25) is 0 Å². The maximum absolute atomic E-state index is 12.9. The van der Waals surface area contributed by atoms with Crippen LogP contribution >= 0.6 is 12.2 Å². The number of H-pyrrole nitrogens is 1. The van der Waals surface area contributed by atoms with Crippen molar-refractivity contribution < 1.29 is 4.74 Å². The number of para-hydroxylation sites is 1. The van der Waals surface area contributed by atoms with Crippen molar-refractivity contribution >= 4 is 28.2 Å². The van der Waals surface area contributed by atoms with E-state index < -0.39 is 0 Å². The molecule has 2 N–H and O–H groups in total. The summed E-state index contributed by atoms with van der Waals surface area (Å²) in [7, 11) is 0. The van der Waals surface area contributed by atoms with Gasteiger partial charge in [0, 0.05) is 31.7 Å². The molecule has 0 aliphatic carbocycles. The molecule has 2 heterocycles. The number of aromatic amines is 1. The molecule has 0 radical (unpaired) electrons. The van der Waals surface area contributed by atoms with E-state index in [1.54, 1.807) is 0 Å². The molecule has 1 aliphatic rings. The number of pyridine rings is 1. The van der Waals surface area contributed by atoms with E-state index in [2.05, 4.69) is 39.2 Å². The largest absolute Gasteiger partial charge is 0.379 e. The van der Waals surface area contributed by atoms with Crippen molar-refractivity contribution in [2.24, 2.45) is 0 Å². The van der Waals surface area contributed by atoms with E-state index in [9.17, 15) is 4.79 Å². The molecule has 1 aliphatic heterocycles. The fraction of sp³-hybridized carbons (Fsp3) is 0.385. The zero-order valence-corrected chi connectivity index (χ0v) is 20.2. The van der Waals surface area contributed by atoms with Crippen molar-refractivity contribution in [1.82, 2.24) is 20.1 Å². The van der Waals surface area contributed by atoms with Crippen LogP contribution in [0.25, 0.3) is 10.9 Å². The number of rotatable bonds is 7. The number of hydrogen-bond acceptors (Lipinski definition) is 4. The average molecular weight is 465 g/mol. The monoisotopic (exact) mass is 464 g/mol. The summed E-state index contributed by atoms with van der Waals surface area (Å²) < 4.78 is 5.48. The lowest BCUT2D eigenvalue weighted by molar-refractivity contribution is 0.0357. The third kappa shape index (κ3) is 5.99. The lowest BCUT2D eigenvalue weighted by atomic mass is 10.1. The Bertz CT molecular complexity index is 1140. The average Bonchev–Trinajstić information content (AvgIpc) is 2.83. The van der Waals surface area contributed by atoms with E-state index in [1.807, 2.05) is 49.4 Å². The van der Waals surface area contributed by atoms with Gasteiger partial charge in [-0.25, -0.2) is 0 Å². The summed E-state index contributed by atoms with van der Waals surface area (Å²) in [5.41, 5.74) is 3.78. The summed E-state index contributed by atoms with van der Waals surface area (Å²) in [6.07, 6.45) is 0. The molecule has 1 atom stereocenters. The molecule has 4 rings (SSSR count). The second-order valence-corrected chi connectivity index (χ2v) is 9.01. The number of morpholine rings is 1. The predicted molar refractivity (Wildman–Crippen MR) is 138 cm³/mol. The molecule has 6 nitrogen and oxygen atoms in total. The van der Waals surface area contributed by atoms with Crippen LogP contribution in [0, 0.1) is 6.92 Å². The van der Waals surface area contributed by atoms with E-state index in [0.717, 1.165) is 55.9 Å². The summed E-state index contributed by atoms with van der Waals surface area (Å²) in [6, 6.07) is 18.4. The number of aromatic nitrogens is 1. The van der Waals surface area contributed by atoms with E-state index in [4.69, 9.17) is 17.0 Å². The molecule has 174 valence electrons. The van der Waals surface area contributed by atoms with E-state index >= 15 is 0 Å². The van der Waals surface area contributed by atoms with Crippen LogP contribution in [0.15, 0.2) is 59.4 Å². The lowest BCUT2D eigenvalue weighted by Gasteiger charge is -2.32. The van der Waals surface area contributed by atoms with E-state index in [1.165, 1.54) is 5.56 Å². The van der Waals surface area contributed by atoms with Gasteiger partial charge in [0.05, 0.1) is 31.3 Å². The Kier molecular flexibility index (Phi) is 7.75. The first kappa shape index (κ1) is 23.4. The SMILES string of the molecule is Cc1cccc2cc(CN(CCN3CCOCC3)C(=S)N[C@H](C)c3ccccc3)c(=O)[nH]c12. The third-order valence-electron chi connectivity index (χ3n) is 6.24. The first-order valence-corrected chi connectivity index (χ1v) is 11.9. The minimum Gasteiger partial charge on any atom is -0.379 e. The number of hydrogen-bond donors (Lipinski definition) is 2. The zero-order chi connectivity index (χ0) is 23.2. The van der Waals surface area contributed by atoms with Crippen LogP contribution in [0.5, 0.6) is 0 Å². The normalized spacial score (nSPS) is 15.3. The van der Waals surface area contributed by atoms with Crippen molar-refractivity contribution in [1.29, 1.82) is 0 Å². The van der Waals surface area contributed by atoms with E-state index in [0.29, 0.717) is 17.2 Å². The Morgan fingerprint density at radius 2 is 1.94 bits per heavy atom. The summed E-state index contributed by atoms with van der Waals surface area (Å²) in [4.78, 5) is 20.5. The van der Waals surface area contributed by atoms with Crippen molar-refractivity contribution in [2.75, 3.05) is 39.4 Å². The highest BCUT2D eigenvalue weighted by Crippen LogP contribution is 2.17. The van der Waals surface area contributed by atoms with Crippen LogP contribution in [-0.2, 0) is 11.3 Å². The molecule has 0 saturated carbocycles. The van der Waals surface area contributed by atoms with Gasteiger partial charge in [0.1, 0.15) is 0 Å². The van der Waals surface area contributed by atoms with E-state index in [-0.39, 0.29) is 11.6 Å². The maximum atomic E-state index is 12.9. The van der Waals surface area contributed by atoms with Crippen molar-refractivity contribution in [3.8, 4) is 0 Å². The minimum atomic E-state index is -0.0629. The Balaban J connectivity index is 1.54. The third-order valence-corrected chi connectivity index (χ3v) is 6.62. The summed E-state index contributed by atoms with van der Waals surface area (Å²) >= 11 is 5.84. The molecule has 1 aromatic heterocycles. The molecule has 33 heavy (non-hydrogen) atoms. The number of thiocarbonyl (C=S) groups is 1. The van der Waals surface area contributed by atoms with Crippen LogP contribution < -0.4 is 10.9 Å². The smallest absolute Gasteiger partial charge is 0.253 e. The van der Waals surface area contributed by atoms with Crippen molar-refractivity contribution in [3.63, 3.8) is 0 Å². The minimum absolute atomic E-state index is 0.0629. The van der Waals surface area contributed by atoms with Crippen LogP contribution in [0.1, 0.15) is 29.7 Å². The van der Waals surface area contributed by atoms with Gasteiger partial charge < -0.3 is 19.9 Å². The molecule has 2 aromatic carbocycles.